The highest BCUT2D eigenvalue weighted by Gasteiger charge is 2.36. The summed E-state index contributed by atoms with van der Waals surface area (Å²) < 4.78 is 34.4. The SMILES string of the molecule is CCCCCCCCOc1ccc(C=CC(=O)Oc2ccc3c(c2)C(C)c2cc(OC(=O)c4ccc(OCCCCOCC5(CC)COC5)cc4)ccc2-3)cc1. The van der Waals surface area contributed by atoms with Crippen LogP contribution in [0, 0.1) is 5.41 Å². The van der Waals surface area contributed by atoms with Crippen molar-refractivity contribution in [2.75, 3.05) is 39.6 Å². The molecule has 56 heavy (non-hydrogen) atoms. The van der Waals surface area contributed by atoms with Crippen molar-refractivity contribution in [2.24, 2.45) is 5.41 Å². The number of rotatable bonds is 22. The Labute approximate surface area is 332 Å². The van der Waals surface area contributed by atoms with Crippen LogP contribution < -0.4 is 18.9 Å². The van der Waals surface area contributed by atoms with Crippen LogP contribution in [0.15, 0.2) is 91.0 Å². The minimum Gasteiger partial charge on any atom is -0.494 e. The second kappa shape index (κ2) is 20.3. The van der Waals surface area contributed by atoms with Gasteiger partial charge < -0.3 is 28.4 Å². The van der Waals surface area contributed by atoms with Gasteiger partial charge in [-0.1, -0.05) is 77.1 Å². The molecule has 0 N–H and O–H groups in total. The zero-order valence-corrected chi connectivity index (χ0v) is 33.2. The molecule has 0 aromatic heterocycles. The third-order valence-electron chi connectivity index (χ3n) is 10.8. The van der Waals surface area contributed by atoms with E-state index in [1.54, 1.807) is 30.3 Å². The number of unbranched alkanes of at least 4 members (excludes halogenated alkanes) is 6. The molecular weight excluding hydrogens is 705 g/mol. The number of ether oxygens (including phenoxy) is 6. The van der Waals surface area contributed by atoms with E-state index in [0.29, 0.717) is 42.6 Å². The van der Waals surface area contributed by atoms with Crippen LogP contribution in [0.1, 0.15) is 112 Å². The molecule has 0 amide bonds. The van der Waals surface area contributed by atoms with Gasteiger partial charge in [0.15, 0.2) is 0 Å². The summed E-state index contributed by atoms with van der Waals surface area (Å²) in [6, 6.07) is 26.2. The Bertz CT molecular complexity index is 1900. The molecule has 1 aliphatic carbocycles. The van der Waals surface area contributed by atoms with Gasteiger partial charge in [0.05, 0.1) is 38.6 Å². The van der Waals surface area contributed by atoms with Crippen LogP contribution in [0.3, 0.4) is 0 Å². The average Bonchev–Trinajstić information content (AvgIpc) is 3.47. The molecule has 4 aromatic carbocycles. The molecule has 1 saturated heterocycles. The first-order valence-corrected chi connectivity index (χ1v) is 20.4. The number of esters is 2. The smallest absolute Gasteiger partial charge is 0.343 e. The van der Waals surface area contributed by atoms with Crippen LogP contribution in [-0.2, 0) is 14.3 Å². The molecule has 8 heteroatoms. The highest BCUT2D eigenvalue weighted by molar-refractivity contribution is 5.92. The summed E-state index contributed by atoms with van der Waals surface area (Å²) in [5.41, 5.74) is 5.77. The molecule has 1 heterocycles. The molecule has 0 bridgehead atoms. The molecule has 0 saturated carbocycles. The Balaban J connectivity index is 0.931. The average molecular weight is 761 g/mol. The second-order valence-corrected chi connectivity index (χ2v) is 15.0. The number of fused-ring (bicyclic) bond motifs is 3. The van der Waals surface area contributed by atoms with Gasteiger partial charge in [0.1, 0.15) is 23.0 Å². The fraction of sp³-hybridized carbons (Fsp3) is 0.417. The van der Waals surface area contributed by atoms with E-state index in [4.69, 9.17) is 28.4 Å². The zero-order chi connectivity index (χ0) is 39.2. The van der Waals surface area contributed by atoms with Gasteiger partial charge in [-0.3, -0.25) is 0 Å². The van der Waals surface area contributed by atoms with E-state index >= 15 is 0 Å². The van der Waals surface area contributed by atoms with Gasteiger partial charge in [-0.25, -0.2) is 9.59 Å². The van der Waals surface area contributed by atoms with Crippen LogP contribution in [0.5, 0.6) is 23.0 Å². The Hall–Kier alpha value is -4.92. The number of carbonyl (C=O) groups excluding carboxylic acids is 2. The normalized spacial score (nSPS) is 15.2. The van der Waals surface area contributed by atoms with Crippen LogP contribution in [0.2, 0.25) is 0 Å². The van der Waals surface area contributed by atoms with Crippen molar-refractivity contribution in [1.29, 1.82) is 0 Å². The fourth-order valence-corrected chi connectivity index (χ4v) is 7.06. The molecule has 1 fully saturated rings. The van der Waals surface area contributed by atoms with Gasteiger partial charge in [-0.15, -0.1) is 0 Å². The maximum atomic E-state index is 13.0. The lowest BCUT2D eigenvalue weighted by atomic mass is 9.84. The van der Waals surface area contributed by atoms with Gasteiger partial charge in [0.2, 0.25) is 0 Å². The Morgan fingerprint density at radius 1 is 0.679 bits per heavy atom. The van der Waals surface area contributed by atoms with Gasteiger partial charge >= 0.3 is 11.9 Å². The lowest BCUT2D eigenvalue weighted by molar-refractivity contribution is -0.150. The molecule has 0 radical (unpaired) electrons. The molecule has 6 rings (SSSR count). The van der Waals surface area contributed by atoms with Crippen LogP contribution in [0.4, 0.5) is 0 Å². The lowest BCUT2D eigenvalue weighted by Gasteiger charge is -2.40. The molecule has 0 spiro atoms. The van der Waals surface area contributed by atoms with Crippen molar-refractivity contribution < 1.29 is 38.0 Å². The van der Waals surface area contributed by atoms with Crippen molar-refractivity contribution in [3.63, 3.8) is 0 Å². The quantitative estimate of drug-likeness (QED) is 0.0339. The Morgan fingerprint density at radius 2 is 1.23 bits per heavy atom. The molecule has 1 unspecified atom stereocenters. The zero-order valence-electron chi connectivity index (χ0n) is 33.2. The Kier molecular flexibility index (Phi) is 14.8. The lowest BCUT2D eigenvalue weighted by Crippen LogP contribution is -2.45. The predicted octanol–water partition coefficient (Wildman–Crippen LogP) is 11.0. The van der Waals surface area contributed by atoms with E-state index in [0.717, 1.165) is 79.1 Å². The predicted molar refractivity (Wildman–Crippen MR) is 220 cm³/mol. The summed E-state index contributed by atoms with van der Waals surface area (Å²) >= 11 is 0. The first-order chi connectivity index (χ1) is 27.4. The van der Waals surface area contributed by atoms with Crippen molar-refractivity contribution in [2.45, 2.75) is 84.5 Å². The molecular formula is C48H56O8. The summed E-state index contributed by atoms with van der Waals surface area (Å²) in [6.45, 7) is 10.9. The third-order valence-corrected chi connectivity index (χ3v) is 10.8. The van der Waals surface area contributed by atoms with Gasteiger partial charge in [-0.2, -0.15) is 0 Å². The number of hydrogen-bond donors (Lipinski definition) is 0. The van der Waals surface area contributed by atoms with Crippen molar-refractivity contribution in [3.05, 3.63) is 113 Å². The molecule has 1 aliphatic heterocycles. The van der Waals surface area contributed by atoms with Crippen molar-refractivity contribution in [1.82, 2.24) is 0 Å². The minimum atomic E-state index is -0.452. The Morgan fingerprint density at radius 3 is 1.84 bits per heavy atom. The molecule has 8 nitrogen and oxygen atoms in total. The molecule has 4 aromatic rings. The summed E-state index contributed by atoms with van der Waals surface area (Å²) in [4.78, 5) is 25.8. The second-order valence-electron chi connectivity index (χ2n) is 15.0. The maximum Gasteiger partial charge on any atom is 0.343 e. The molecule has 2 aliphatic rings. The van der Waals surface area contributed by atoms with Gasteiger partial charge in [-0.05, 0) is 120 Å². The third kappa shape index (κ3) is 11.1. The molecule has 296 valence electrons. The minimum absolute atomic E-state index is 0.0166. The highest BCUT2D eigenvalue weighted by atomic mass is 16.5. The summed E-state index contributed by atoms with van der Waals surface area (Å²) in [7, 11) is 0. The van der Waals surface area contributed by atoms with Gasteiger partial charge in [0.25, 0.3) is 0 Å². The molecule has 1 atom stereocenters. The monoisotopic (exact) mass is 760 g/mol. The van der Waals surface area contributed by atoms with Crippen molar-refractivity contribution in [3.8, 4) is 34.1 Å². The van der Waals surface area contributed by atoms with E-state index in [1.165, 1.54) is 38.2 Å². The standard InChI is InChI=1S/C48H56O8/c1-4-6-7-8-9-10-28-53-38-18-13-36(14-19-38)15-26-46(49)55-40-22-24-42-43-25-23-41(31-45(43)35(3)44(42)30-40)56-47(50)37-16-20-39(21-17-37)54-29-12-11-27-51-32-48(5-2)33-52-34-48/h13-26,30-31,35H,4-12,27-29,32-34H2,1-3H3. The van der Waals surface area contributed by atoms with E-state index in [2.05, 4.69) is 20.8 Å². The maximum absolute atomic E-state index is 13.0. The fourth-order valence-electron chi connectivity index (χ4n) is 7.06. The van der Waals surface area contributed by atoms with Crippen LogP contribution in [-0.4, -0.2) is 51.6 Å². The first-order valence-electron chi connectivity index (χ1n) is 20.4. The van der Waals surface area contributed by atoms with E-state index in [9.17, 15) is 9.59 Å². The van der Waals surface area contributed by atoms with Crippen molar-refractivity contribution >= 4 is 18.0 Å². The highest BCUT2D eigenvalue weighted by Crippen LogP contribution is 2.47. The number of hydrogen-bond acceptors (Lipinski definition) is 8. The summed E-state index contributed by atoms with van der Waals surface area (Å²) in [5.74, 6) is 1.61. The van der Waals surface area contributed by atoms with E-state index in [1.807, 2.05) is 60.7 Å². The number of carbonyl (C=O) groups is 2. The first kappa shape index (κ1) is 40.7. The van der Waals surface area contributed by atoms with E-state index < -0.39 is 11.9 Å². The number of benzene rings is 4. The van der Waals surface area contributed by atoms with Crippen LogP contribution >= 0.6 is 0 Å². The van der Waals surface area contributed by atoms with Crippen LogP contribution in [0.25, 0.3) is 17.2 Å². The van der Waals surface area contributed by atoms with Gasteiger partial charge in [0, 0.05) is 24.0 Å². The summed E-state index contributed by atoms with van der Waals surface area (Å²) in [6.07, 6.45) is 13.4. The van der Waals surface area contributed by atoms with E-state index in [-0.39, 0.29) is 11.3 Å². The topological polar surface area (TPSA) is 89.5 Å². The largest absolute Gasteiger partial charge is 0.494 e. The summed E-state index contributed by atoms with van der Waals surface area (Å²) in [5, 5.41) is 0.